The van der Waals surface area contributed by atoms with Crippen LogP contribution in [0.5, 0.6) is 0 Å². The molecule has 2 fully saturated rings. The molecule has 0 aliphatic heterocycles. The first-order valence-corrected chi connectivity index (χ1v) is 7.37. The van der Waals surface area contributed by atoms with Gasteiger partial charge in [-0.1, -0.05) is 20.3 Å². The van der Waals surface area contributed by atoms with Crippen molar-refractivity contribution in [2.45, 2.75) is 64.6 Å². The molecule has 0 aromatic heterocycles. The van der Waals surface area contributed by atoms with E-state index in [2.05, 4.69) is 13.8 Å². The standard InChI is InChI=1S/C15H29NO2/c1-14(2)7-8-15(10-16,13(14)17)11-5-4-6-12(9-11)18-3/h11-13,17H,4-10,16H2,1-3H3. The lowest BCUT2D eigenvalue weighted by atomic mass is 9.64. The van der Waals surface area contributed by atoms with Gasteiger partial charge < -0.3 is 15.6 Å². The monoisotopic (exact) mass is 255 g/mol. The highest BCUT2D eigenvalue weighted by Gasteiger charge is 2.55. The van der Waals surface area contributed by atoms with E-state index in [4.69, 9.17) is 10.5 Å². The number of hydrogen-bond acceptors (Lipinski definition) is 3. The Morgan fingerprint density at radius 3 is 2.50 bits per heavy atom. The summed E-state index contributed by atoms with van der Waals surface area (Å²) < 4.78 is 5.54. The molecule has 3 heteroatoms. The quantitative estimate of drug-likeness (QED) is 0.813. The van der Waals surface area contributed by atoms with Crippen LogP contribution in [0.25, 0.3) is 0 Å². The molecule has 0 amide bonds. The summed E-state index contributed by atoms with van der Waals surface area (Å²) >= 11 is 0. The van der Waals surface area contributed by atoms with Gasteiger partial charge in [-0.3, -0.25) is 0 Å². The molecule has 3 nitrogen and oxygen atoms in total. The Kier molecular flexibility index (Phi) is 4.05. The minimum absolute atomic E-state index is 0.0133. The summed E-state index contributed by atoms with van der Waals surface area (Å²) in [5, 5.41) is 10.8. The third kappa shape index (κ3) is 2.21. The number of aliphatic hydroxyl groups excluding tert-OH is 1. The minimum atomic E-state index is -0.268. The van der Waals surface area contributed by atoms with Crippen LogP contribution in [0.15, 0.2) is 0 Å². The van der Waals surface area contributed by atoms with Crippen LogP contribution < -0.4 is 5.73 Å². The van der Waals surface area contributed by atoms with Crippen LogP contribution in [-0.2, 0) is 4.74 Å². The zero-order chi connectivity index (χ0) is 13.4. The number of rotatable bonds is 3. The van der Waals surface area contributed by atoms with Gasteiger partial charge in [-0.05, 0) is 43.4 Å². The third-order valence-corrected chi connectivity index (χ3v) is 5.67. The Labute approximate surface area is 111 Å². The highest BCUT2D eigenvalue weighted by molar-refractivity contribution is 5.06. The summed E-state index contributed by atoms with van der Waals surface area (Å²) in [5.74, 6) is 0.526. The second-order valence-corrected chi connectivity index (χ2v) is 7.05. The summed E-state index contributed by atoms with van der Waals surface area (Å²) in [6.45, 7) is 4.95. The highest BCUT2D eigenvalue weighted by atomic mass is 16.5. The first-order valence-electron chi connectivity index (χ1n) is 7.37. The predicted octanol–water partition coefficient (Wildman–Crippen LogP) is 2.32. The summed E-state index contributed by atoms with van der Waals surface area (Å²) in [6.07, 6.45) is 6.88. The van der Waals surface area contributed by atoms with E-state index in [0.717, 1.165) is 25.7 Å². The lowest BCUT2D eigenvalue weighted by Gasteiger charge is -2.45. The van der Waals surface area contributed by atoms with Crippen molar-refractivity contribution in [1.82, 2.24) is 0 Å². The van der Waals surface area contributed by atoms with E-state index in [1.54, 1.807) is 7.11 Å². The van der Waals surface area contributed by atoms with Crippen molar-refractivity contribution in [3.05, 3.63) is 0 Å². The average molecular weight is 255 g/mol. The molecule has 4 unspecified atom stereocenters. The summed E-state index contributed by atoms with van der Waals surface area (Å²) in [7, 11) is 1.80. The van der Waals surface area contributed by atoms with Crippen molar-refractivity contribution in [3.63, 3.8) is 0 Å². The van der Waals surface area contributed by atoms with Gasteiger partial charge in [0.2, 0.25) is 0 Å². The number of aliphatic hydroxyl groups is 1. The third-order valence-electron chi connectivity index (χ3n) is 5.67. The van der Waals surface area contributed by atoms with Crippen molar-refractivity contribution in [3.8, 4) is 0 Å². The zero-order valence-corrected chi connectivity index (χ0v) is 12.1. The number of nitrogens with two attached hydrogens (primary N) is 1. The van der Waals surface area contributed by atoms with Crippen molar-refractivity contribution in [1.29, 1.82) is 0 Å². The first kappa shape index (κ1) is 14.3. The van der Waals surface area contributed by atoms with Gasteiger partial charge in [0.15, 0.2) is 0 Å². The van der Waals surface area contributed by atoms with Crippen LogP contribution in [0, 0.1) is 16.7 Å². The van der Waals surface area contributed by atoms with Gasteiger partial charge in [0.1, 0.15) is 0 Å². The molecule has 106 valence electrons. The number of methoxy groups -OCH3 is 1. The van der Waals surface area contributed by atoms with Gasteiger partial charge in [-0.15, -0.1) is 0 Å². The molecular weight excluding hydrogens is 226 g/mol. The van der Waals surface area contributed by atoms with Gasteiger partial charge in [-0.2, -0.15) is 0 Å². The van der Waals surface area contributed by atoms with Crippen molar-refractivity contribution in [2.75, 3.05) is 13.7 Å². The van der Waals surface area contributed by atoms with Crippen LogP contribution in [-0.4, -0.2) is 31.0 Å². The molecule has 0 aromatic rings. The SMILES string of the molecule is COC1CCCC(C2(CN)CCC(C)(C)C2O)C1. The van der Waals surface area contributed by atoms with Crippen molar-refractivity contribution >= 4 is 0 Å². The molecule has 4 atom stereocenters. The van der Waals surface area contributed by atoms with Crippen LogP contribution in [0.4, 0.5) is 0 Å². The summed E-state index contributed by atoms with van der Waals surface area (Å²) in [5.41, 5.74) is 6.04. The van der Waals surface area contributed by atoms with Crippen molar-refractivity contribution in [2.24, 2.45) is 22.5 Å². The fourth-order valence-electron chi connectivity index (χ4n) is 4.30. The van der Waals surface area contributed by atoms with E-state index in [-0.39, 0.29) is 16.9 Å². The molecule has 2 aliphatic carbocycles. The normalized spacial score (nSPS) is 44.2. The van der Waals surface area contributed by atoms with Crippen LogP contribution >= 0.6 is 0 Å². The van der Waals surface area contributed by atoms with E-state index in [0.29, 0.717) is 18.6 Å². The molecular formula is C15H29NO2. The Morgan fingerprint density at radius 1 is 1.28 bits per heavy atom. The van der Waals surface area contributed by atoms with Crippen molar-refractivity contribution < 1.29 is 9.84 Å². The average Bonchev–Trinajstić information content (AvgIpc) is 2.62. The molecule has 0 spiro atoms. The lowest BCUT2D eigenvalue weighted by Crippen LogP contribution is -2.49. The maximum atomic E-state index is 10.8. The van der Waals surface area contributed by atoms with E-state index >= 15 is 0 Å². The van der Waals surface area contributed by atoms with E-state index < -0.39 is 0 Å². The second-order valence-electron chi connectivity index (χ2n) is 7.05. The van der Waals surface area contributed by atoms with Gasteiger partial charge in [0, 0.05) is 19.1 Å². The first-order chi connectivity index (χ1) is 8.46. The Morgan fingerprint density at radius 2 is 2.00 bits per heavy atom. The molecule has 0 saturated heterocycles. The molecule has 2 rings (SSSR count). The van der Waals surface area contributed by atoms with Crippen LogP contribution in [0.1, 0.15) is 52.4 Å². The highest BCUT2D eigenvalue weighted by Crippen LogP contribution is 2.55. The van der Waals surface area contributed by atoms with Gasteiger partial charge in [0.05, 0.1) is 12.2 Å². The van der Waals surface area contributed by atoms with E-state index in [1.807, 2.05) is 0 Å². The molecule has 18 heavy (non-hydrogen) atoms. The molecule has 0 bridgehead atoms. The molecule has 2 saturated carbocycles. The Bertz CT molecular complexity index is 292. The second kappa shape index (κ2) is 5.10. The smallest absolute Gasteiger partial charge is 0.0662 e. The molecule has 0 radical (unpaired) electrons. The van der Waals surface area contributed by atoms with Gasteiger partial charge in [-0.25, -0.2) is 0 Å². The number of ether oxygens (including phenoxy) is 1. The molecule has 0 aromatic carbocycles. The fraction of sp³-hybridized carbons (Fsp3) is 1.00. The molecule has 3 N–H and O–H groups in total. The van der Waals surface area contributed by atoms with E-state index in [9.17, 15) is 5.11 Å². The largest absolute Gasteiger partial charge is 0.392 e. The molecule has 0 heterocycles. The van der Waals surface area contributed by atoms with Gasteiger partial charge in [0.25, 0.3) is 0 Å². The Hall–Kier alpha value is -0.120. The lowest BCUT2D eigenvalue weighted by molar-refractivity contribution is -0.0659. The van der Waals surface area contributed by atoms with E-state index in [1.165, 1.54) is 12.8 Å². The zero-order valence-electron chi connectivity index (χ0n) is 12.1. The topological polar surface area (TPSA) is 55.5 Å². The minimum Gasteiger partial charge on any atom is -0.392 e. The maximum absolute atomic E-state index is 10.8. The van der Waals surface area contributed by atoms with Crippen LogP contribution in [0.2, 0.25) is 0 Å². The fourth-order valence-corrected chi connectivity index (χ4v) is 4.30. The molecule has 2 aliphatic rings. The number of hydrogen-bond donors (Lipinski definition) is 2. The maximum Gasteiger partial charge on any atom is 0.0662 e. The Balaban J connectivity index is 2.18. The summed E-state index contributed by atoms with van der Waals surface area (Å²) in [4.78, 5) is 0. The predicted molar refractivity (Wildman–Crippen MR) is 73.3 cm³/mol. The van der Waals surface area contributed by atoms with Crippen LogP contribution in [0.3, 0.4) is 0 Å². The van der Waals surface area contributed by atoms with Gasteiger partial charge >= 0.3 is 0 Å². The summed E-state index contributed by atoms with van der Waals surface area (Å²) in [6, 6.07) is 0.